The highest BCUT2D eigenvalue weighted by Crippen LogP contribution is 2.30. The van der Waals surface area contributed by atoms with Crippen molar-refractivity contribution in [3.05, 3.63) is 95.1 Å². The van der Waals surface area contributed by atoms with Crippen molar-refractivity contribution < 1.29 is 27.5 Å². The fourth-order valence-electron chi connectivity index (χ4n) is 4.16. The van der Waals surface area contributed by atoms with E-state index in [0.717, 1.165) is 44.9 Å². The summed E-state index contributed by atoms with van der Waals surface area (Å²) in [5.74, 6) is -0.421. The normalized spacial score (nSPS) is 14.2. The molecule has 2 N–H and O–H groups in total. The first kappa shape index (κ1) is 26.4. The van der Waals surface area contributed by atoms with Crippen molar-refractivity contribution in [2.75, 3.05) is 44.6 Å². The van der Waals surface area contributed by atoms with Crippen LogP contribution in [-0.4, -0.2) is 55.9 Å². The van der Waals surface area contributed by atoms with Crippen LogP contribution in [0.4, 0.5) is 18.9 Å². The lowest BCUT2D eigenvalue weighted by Crippen LogP contribution is -2.44. The fraction of sp³-hybridized carbons (Fsp3) is 0.286. The van der Waals surface area contributed by atoms with Gasteiger partial charge in [0.25, 0.3) is 5.91 Å². The zero-order chi connectivity index (χ0) is 26.3. The van der Waals surface area contributed by atoms with Gasteiger partial charge in [0.15, 0.2) is 5.78 Å². The van der Waals surface area contributed by atoms with E-state index in [2.05, 4.69) is 15.5 Å². The van der Waals surface area contributed by atoms with Crippen LogP contribution in [0.1, 0.15) is 31.8 Å². The highest BCUT2D eigenvalue weighted by Gasteiger charge is 2.30. The van der Waals surface area contributed by atoms with Crippen molar-refractivity contribution in [2.45, 2.75) is 12.6 Å². The van der Waals surface area contributed by atoms with Crippen LogP contribution in [0.3, 0.4) is 0 Å². The molecule has 3 aromatic rings. The first-order chi connectivity index (χ1) is 17.8. The molecule has 1 aliphatic rings. The van der Waals surface area contributed by atoms with Crippen LogP contribution in [0.25, 0.3) is 0 Å². The van der Waals surface area contributed by atoms with E-state index in [4.69, 9.17) is 4.74 Å². The maximum absolute atomic E-state index is 13.1. The number of nitrogens with zero attached hydrogens (tertiary/aromatic N) is 1. The maximum Gasteiger partial charge on any atom is 0.416 e. The minimum Gasteiger partial charge on any atom is -0.491 e. The SMILES string of the molecule is O=C(Cc1cccc(C(F)(F)F)c1)c1ccccc1NC(=O)c1ccccc1OCCN1CCNCC1. The van der Waals surface area contributed by atoms with Crippen LogP contribution in [0.15, 0.2) is 72.8 Å². The largest absolute Gasteiger partial charge is 0.491 e. The Labute approximate surface area is 213 Å². The van der Waals surface area contributed by atoms with E-state index in [9.17, 15) is 22.8 Å². The smallest absolute Gasteiger partial charge is 0.416 e. The van der Waals surface area contributed by atoms with Crippen molar-refractivity contribution >= 4 is 17.4 Å². The lowest BCUT2D eigenvalue weighted by molar-refractivity contribution is -0.137. The Morgan fingerprint density at radius 1 is 0.919 bits per heavy atom. The summed E-state index contributed by atoms with van der Waals surface area (Å²) in [5, 5.41) is 6.07. The highest BCUT2D eigenvalue weighted by atomic mass is 19.4. The molecule has 1 fully saturated rings. The second kappa shape index (κ2) is 12.0. The molecule has 4 rings (SSSR count). The number of piperazine rings is 1. The third kappa shape index (κ3) is 7.18. The van der Waals surface area contributed by atoms with Crippen molar-refractivity contribution in [3.63, 3.8) is 0 Å². The Bertz CT molecular complexity index is 1240. The van der Waals surface area contributed by atoms with Crippen LogP contribution < -0.4 is 15.4 Å². The maximum atomic E-state index is 13.1. The second-order valence-electron chi connectivity index (χ2n) is 8.73. The number of anilines is 1. The minimum absolute atomic E-state index is 0.213. The first-order valence-corrected chi connectivity index (χ1v) is 12.1. The molecule has 0 radical (unpaired) electrons. The number of rotatable bonds is 9. The van der Waals surface area contributed by atoms with Crippen LogP contribution >= 0.6 is 0 Å². The zero-order valence-electron chi connectivity index (χ0n) is 20.2. The average Bonchev–Trinajstić information content (AvgIpc) is 2.89. The molecule has 0 aliphatic carbocycles. The summed E-state index contributed by atoms with van der Waals surface area (Å²) in [5.41, 5.74) is 0.241. The Balaban J connectivity index is 1.44. The molecule has 3 aromatic carbocycles. The number of halogens is 3. The summed E-state index contributed by atoms with van der Waals surface area (Å²) in [6.45, 7) is 4.92. The van der Waals surface area contributed by atoms with Crippen molar-refractivity contribution in [3.8, 4) is 5.75 Å². The van der Waals surface area contributed by atoms with Crippen LogP contribution in [-0.2, 0) is 12.6 Å². The van der Waals surface area contributed by atoms with E-state index in [-0.39, 0.29) is 23.2 Å². The van der Waals surface area contributed by atoms with E-state index in [1.807, 2.05) is 0 Å². The van der Waals surface area contributed by atoms with E-state index < -0.39 is 23.4 Å². The summed E-state index contributed by atoms with van der Waals surface area (Å²) >= 11 is 0. The Kier molecular flexibility index (Phi) is 8.58. The van der Waals surface area contributed by atoms with E-state index in [1.165, 1.54) is 12.1 Å². The Morgan fingerprint density at radius 2 is 1.62 bits per heavy atom. The predicted molar refractivity (Wildman–Crippen MR) is 135 cm³/mol. The van der Waals surface area contributed by atoms with Gasteiger partial charge in [-0.2, -0.15) is 13.2 Å². The Morgan fingerprint density at radius 3 is 2.38 bits per heavy atom. The van der Waals surface area contributed by atoms with Gasteiger partial charge in [0.1, 0.15) is 12.4 Å². The summed E-state index contributed by atoms with van der Waals surface area (Å²) in [7, 11) is 0. The molecule has 1 amide bonds. The molecule has 9 heteroatoms. The van der Waals surface area contributed by atoms with Crippen LogP contribution in [0, 0.1) is 0 Å². The lowest BCUT2D eigenvalue weighted by atomic mass is 10.00. The molecule has 1 saturated heterocycles. The number of alkyl halides is 3. The number of Topliss-reactive ketones (excluding diaryl/α,β-unsaturated/α-hetero) is 1. The number of carbonyl (C=O) groups excluding carboxylic acids is 2. The molecule has 0 spiro atoms. The average molecular weight is 512 g/mol. The summed E-state index contributed by atoms with van der Waals surface area (Å²) in [6, 6.07) is 18.0. The first-order valence-electron chi connectivity index (χ1n) is 12.1. The van der Waals surface area contributed by atoms with E-state index in [0.29, 0.717) is 17.9 Å². The standard InChI is InChI=1S/C28H28F3N3O3/c29-28(30,31)21-7-5-6-20(18-21)19-25(35)22-8-1-3-10-24(22)33-27(36)23-9-2-4-11-26(23)37-17-16-34-14-12-32-13-15-34/h1-11,18,32H,12-17,19H2,(H,33,36). The molecule has 1 aliphatic heterocycles. The molecule has 0 aromatic heterocycles. The molecule has 0 unspecified atom stereocenters. The van der Waals surface area contributed by atoms with E-state index in [1.54, 1.807) is 48.5 Å². The number of ketones is 1. The molecule has 194 valence electrons. The number of carbonyl (C=O) groups is 2. The molecular formula is C28H28F3N3O3. The van der Waals surface area contributed by atoms with Gasteiger partial charge in [0.05, 0.1) is 16.8 Å². The minimum atomic E-state index is -4.49. The van der Waals surface area contributed by atoms with Crippen molar-refractivity contribution in [1.29, 1.82) is 0 Å². The lowest BCUT2D eigenvalue weighted by Gasteiger charge is -2.27. The van der Waals surface area contributed by atoms with E-state index >= 15 is 0 Å². The third-order valence-electron chi connectivity index (χ3n) is 6.10. The van der Waals surface area contributed by atoms with Gasteiger partial charge in [0.2, 0.25) is 0 Å². The van der Waals surface area contributed by atoms with Gasteiger partial charge >= 0.3 is 6.18 Å². The number of hydrogen-bond acceptors (Lipinski definition) is 5. The van der Waals surface area contributed by atoms with Crippen LogP contribution in [0.5, 0.6) is 5.75 Å². The monoisotopic (exact) mass is 511 g/mol. The molecule has 37 heavy (non-hydrogen) atoms. The topological polar surface area (TPSA) is 70.7 Å². The van der Waals surface area contributed by atoms with Crippen LogP contribution in [0.2, 0.25) is 0 Å². The zero-order valence-corrected chi connectivity index (χ0v) is 20.2. The summed E-state index contributed by atoms with van der Waals surface area (Å²) in [6.07, 6.45) is -4.73. The highest BCUT2D eigenvalue weighted by molar-refractivity contribution is 6.10. The number of ether oxygens (including phenoxy) is 1. The molecule has 0 saturated carbocycles. The van der Waals surface area contributed by atoms with Gasteiger partial charge in [-0.15, -0.1) is 0 Å². The second-order valence-corrected chi connectivity index (χ2v) is 8.73. The number of para-hydroxylation sites is 2. The molecule has 6 nitrogen and oxygen atoms in total. The van der Waals surface area contributed by atoms with Gasteiger partial charge in [0, 0.05) is 44.7 Å². The molecule has 0 bridgehead atoms. The number of nitrogens with one attached hydrogen (secondary N) is 2. The van der Waals surface area contributed by atoms with Gasteiger partial charge in [-0.05, 0) is 35.9 Å². The Hall–Kier alpha value is -3.69. The molecule has 1 heterocycles. The molecule has 0 atom stereocenters. The van der Waals surface area contributed by atoms with Gasteiger partial charge < -0.3 is 15.4 Å². The van der Waals surface area contributed by atoms with Crippen molar-refractivity contribution in [2.24, 2.45) is 0 Å². The third-order valence-corrected chi connectivity index (χ3v) is 6.10. The number of amides is 1. The number of benzene rings is 3. The fourth-order valence-corrected chi connectivity index (χ4v) is 4.16. The molecular weight excluding hydrogens is 483 g/mol. The summed E-state index contributed by atoms with van der Waals surface area (Å²) in [4.78, 5) is 28.4. The number of hydrogen-bond donors (Lipinski definition) is 2. The van der Waals surface area contributed by atoms with Gasteiger partial charge in [-0.3, -0.25) is 14.5 Å². The van der Waals surface area contributed by atoms with Gasteiger partial charge in [-0.25, -0.2) is 0 Å². The quantitative estimate of drug-likeness (QED) is 0.409. The van der Waals surface area contributed by atoms with Gasteiger partial charge in [-0.1, -0.05) is 42.5 Å². The van der Waals surface area contributed by atoms with Crippen molar-refractivity contribution in [1.82, 2.24) is 10.2 Å². The predicted octanol–water partition coefficient (Wildman–Crippen LogP) is 4.67. The summed E-state index contributed by atoms with van der Waals surface area (Å²) < 4.78 is 45.1.